The van der Waals surface area contributed by atoms with E-state index < -0.39 is 18.1 Å². The fourth-order valence-corrected chi connectivity index (χ4v) is 4.17. The number of amides is 2. The van der Waals surface area contributed by atoms with Crippen LogP contribution in [0, 0.1) is 0 Å². The summed E-state index contributed by atoms with van der Waals surface area (Å²) < 4.78 is 5.37. The van der Waals surface area contributed by atoms with Gasteiger partial charge in [-0.25, -0.2) is 9.59 Å². The van der Waals surface area contributed by atoms with Gasteiger partial charge in [0, 0.05) is 18.6 Å². The number of carboxylic acids is 1. The number of carboxylic acid groups (broad SMARTS) is 1. The molecule has 0 aliphatic heterocycles. The van der Waals surface area contributed by atoms with Crippen molar-refractivity contribution in [2.24, 2.45) is 0 Å². The van der Waals surface area contributed by atoms with Gasteiger partial charge in [0.15, 0.2) is 0 Å². The summed E-state index contributed by atoms with van der Waals surface area (Å²) in [5.74, 6) is -1.07. The van der Waals surface area contributed by atoms with E-state index in [9.17, 15) is 19.5 Å². The highest BCUT2D eigenvalue weighted by atomic mass is 32.2. The zero-order valence-corrected chi connectivity index (χ0v) is 16.7. The Morgan fingerprint density at radius 1 is 1.07 bits per heavy atom. The van der Waals surface area contributed by atoms with Gasteiger partial charge in [0.2, 0.25) is 5.91 Å². The Bertz CT molecular complexity index is 872. The highest BCUT2D eigenvalue weighted by Crippen LogP contribution is 2.44. The molecule has 2 amide bonds. The molecule has 3 N–H and O–H groups in total. The molecule has 2 aromatic rings. The molecule has 0 saturated carbocycles. The Morgan fingerprint density at radius 2 is 1.63 bits per heavy atom. The largest absolute Gasteiger partial charge is 0.480 e. The molecule has 8 heteroatoms. The van der Waals surface area contributed by atoms with Crippen LogP contribution in [0.4, 0.5) is 4.79 Å². The maximum Gasteiger partial charge on any atom is 0.407 e. The van der Waals surface area contributed by atoms with Gasteiger partial charge in [-0.3, -0.25) is 4.79 Å². The van der Waals surface area contributed by atoms with Crippen molar-refractivity contribution in [1.82, 2.24) is 10.6 Å². The number of carbonyl (C=O) groups excluding carboxylic acids is 2. The Hall–Kier alpha value is -3.00. The molecule has 30 heavy (non-hydrogen) atoms. The van der Waals surface area contributed by atoms with Crippen molar-refractivity contribution < 1.29 is 24.2 Å². The molecule has 1 aliphatic rings. The molecule has 0 unspecified atom stereocenters. The molecule has 0 aromatic heterocycles. The van der Waals surface area contributed by atoms with Crippen molar-refractivity contribution in [1.29, 1.82) is 0 Å². The summed E-state index contributed by atoms with van der Waals surface area (Å²) >= 11 is 1.20. The molecule has 0 spiro atoms. The number of nitrogens with one attached hydrogen (secondary N) is 2. The first-order valence-corrected chi connectivity index (χ1v) is 10.3. The quantitative estimate of drug-likeness (QED) is 0.438. The third-order valence-corrected chi connectivity index (χ3v) is 5.56. The second-order valence-corrected chi connectivity index (χ2v) is 7.64. The maximum absolute atomic E-state index is 12.2. The lowest BCUT2D eigenvalue weighted by atomic mass is 9.98. The van der Waals surface area contributed by atoms with Crippen molar-refractivity contribution in [2.45, 2.75) is 26.3 Å². The molecule has 160 valence electrons. The summed E-state index contributed by atoms with van der Waals surface area (Å²) in [7, 11) is 0. The van der Waals surface area contributed by atoms with Crippen LogP contribution in [-0.4, -0.2) is 47.4 Å². The lowest BCUT2D eigenvalue weighted by molar-refractivity contribution is -0.138. The average molecular weight is 431 g/mol. The molecule has 0 heterocycles. The zero-order chi connectivity index (χ0) is 20.8. The predicted molar refractivity (Wildman–Crippen MR) is 118 cm³/mol. The standard InChI is InChI=1S/C21H22N2O5S.CH4/c1-13(24)22-12-29-11-19(20(25)26)23-21(27)28-10-18-16-8-4-2-6-14(16)15-7-3-5-9-17(15)18;/h2-9,18-19H,10-12H2,1H3,(H,22,24)(H,23,27)(H,25,26);1H4/t19-;/m1./s1. The summed E-state index contributed by atoms with van der Waals surface area (Å²) in [4.78, 5) is 34.4. The molecule has 0 radical (unpaired) electrons. The predicted octanol–water partition coefficient (Wildman–Crippen LogP) is 3.44. The number of hydrogen-bond donors (Lipinski definition) is 3. The van der Waals surface area contributed by atoms with Crippen LogP contribution in [-0.2, 0) is 14.3 Å². The SMILES string of the molecule is C.CC(=O)NCSC[C@@H](NC(=O)OCC1c2ccccc2-c2ccccc21)C(=O)O. The minimum atomic E-state index is -1.16. The van der Waals surface area contributed by atoms with E-state index >= 15 is 0 Å². The Morgan fingerprint density at radius 3 is 2.17 bits per heavy atom. The van der Waals surface area contributed by atoms with E-state index in [1.54, 1.807) is 0 Å². The monoisotopic (exact) mass is 430 g/mol. The van der Waals surface area contributed by atoms with E-state index in [4.69, 9.17) is 4.74 Å². The van der Waals surface area contributed by atoms with E-state index in [2.05, 4.69) is 10.6 Å². The highest BCUT2D eigenvalue weighted by Gasteiger charge is 2.29. The lowest BCUT2D eigenvalue weighted by Crippen LogP contribution is -2.43. The third kappa shape index (κ3) is 5.54. The summed E-state index contributed by atoms with van der Waals surface area (Å²) in [6, 6.07) is 14.9. The van der Waals surface area contributed by atoms with E-state index in [0.29, 0.717) is 0 Å². The first kappa shape index (κ1) is 23.3. The van der Waals surface area contributed by atoms with Crippen LogP contribution >= 0.6 is 11.8 Å². The lowest BCUT2D eigenvalue weighted by Gasteiger charge is -2.17. The van der Waals surface area contributed by atoms with Gasteiger partial charge in [-0.1, -0.05) is 56.0 Å². The average Bonchev–Trinajstić information content (AvgIpc) is 3.02. The van der Waals surface area contributed by atoms with Crippen molar-refractivity contribution in [3.05, 3.63) is 59.7 Å². The smallest absolute Gasteiger partial charge is 0.407 e. The van der Waals surface area contributed by atoms with Gasteiger partial charge < -0.3 is 20.5 Å². The highest BCUT2D eigenvalue weighted by molar-refractivity contribution is 7.99. The second-order valence-electron chi connectivity index (χ2n) is 6.61. The molecule has 2 aromatic carbocycles. The molecule has 1 atom stereocenters. The van der Waals surface area contributed by atoms with Gasteiger partial charge in [0.05, 0.1) is 5.88 Å². The van der Waals surface area contributed by atoms with E-state index in [-0.39, 0.29) is 37.5 Å². The molecule has 3 rings (SSSR count). The van der Waals surface area contributed by atoms with Gasteiger partial charge in [-0.05, 0) is 22.3 Å². The van der Waals surface area contributed by atoms with Crippen molar-refractivity contribution in [2.75, 3.05) is 18.2 Å². The van der Waals surface area contributed by atoms with Gasteiger partial charge in [-0.2, -0.15) is 0 Å². The minimum Gasteiger partial charge on any atom is -0.480 e. The van der Waals surface area contributed by atoms with Crippen LogP contribution in [0.25, 0.3) is 11.1 Å². The van der Waals surface area contributed by atoms with Crippen molar-refractivity contribution >= 4 is 29.7 Å². The van der Waals surface area contributed by atoms with Crippen LogP contribution in [0.5, 0.6) is 0 Å². The van der Waals surface area contributed by atoms with Gasteiger partial charge >= 0.3 is 12.1 Å². The molecular weight excluding hydrogens is 404 g/mol. The van der Waals surface area contributed by atoms with Crippen LogP contribution in [0.1, 0.15) is 31.4 Å². The molecule has 0 saturated heterocycles. The molecular formula is C22H26N2O5S. The number of aliphatic carboxylic acids is 1. The number of carbonyl (C=O) groups is 3. The Balaban J connectivity index is 0.00000320. The van der Waals surface area contributed by atoms with Gasteiger partial charge in [-0.15, -0.1) is 11.8 Å². The number of benzene rings is 2. The van der Waals surface area contributed by atoms with E-state index in [1.807, 2.05) is 48.5 Å². The first-order chi connectivity index (χ1) is 14.0. The Labute approximate surface area is 180 Å². The summed E-state index contributed by atoms with van der Waals surface area (Å²) in [6.07, 6.45) is -0.778. The van der Waals surface area contributed by atoms with Gasteiger partial charge in [0.25, 0.3) is 0 Å². The normalized spacial score (nSPS) is 12.7. The fourth-order valence-electron chi connectivity index (χ4n) is 3.29. The Kier molecular flexibility index (Phi) is 8.29. The maximum atomic E-state index is 12.2. The number of fused-ring (bicyclic) bond motifs is 3. The van der Waals surface area contributed by atoms with Crippen LogP contribution < -0.4 is 10.6 Å². The second kappa shape index (κ2) is 10.7. The number of ether oxygens (including phenoxy) is 1. The number of thioether (sulfide) groups is 1. The van der Waals surface area contributed by atoms with Crippen molar-refractivity contribution in [3.63, 3.8) is 0 Å². The molecule has 1 aliphatic carbocycles. The fraction of sp³-hybridized carbons (Fsp3) is 0.318. The third-order valence-electron chi connectivity index (χ3n) is 4.64. The number of rotatable bonds is 8. The van der Waals surface area contributed by atoms with Crippen LogP contribution in [0.2, 0.25) is 0 Å². The van der Waals surface area contributed by atoms with E-state index in [0.717, 1.165) is 22.3 Å². The molecule has 0 bridgehead atoms. The topological polar surface area (TPSA) is 105 Å². The molecule has 0 fully saturated rings. The van der Waals surface area contributed by atoms with Crippen LogP contribution in [0.3, 0.4) is 0 Å². The summed E-state index contributed by atoms with van der Waals surface area (Å²) in [5.41, 5.74) is 4.41. The summed E-state index contributed by atoms with van der Waals surface area (Å²) in [6.45, 7) is 1.50. The van der Waals surface area contributed by atoms with E-state index in [1.165, 1.54) is 18.7 Å². The summed E-state index contributed by atoms with van der Waals surface area (Å²) in [5, 5.41) is 14.2. The number of hydrogen-bond acceptors (Lipinski definition) is 5. The van der Waals surface area contributed by atoms with Crippen LogP contribution in [0.15, 0.2) is 48.5 Å². The minimum absolute atomic E-state index is 0. The molecule has 7 nitrogen and oxygen atoms in total. The first-order valence-electron chi connectivity index (χ1n) is 9.14. The zero-order valence-electron chi connectivity index (χ0n) is 15.9. The number of alkyl carbamates (subject to hydrolysis) is 1. The van der Waals surface area contributed by atoms with Crippen molar-refractivity contribution in [3.8, 4) is 11.1 Å². The van der Waals surface area contributed by atoms with Gasteiger partial charge in [0.1, 0.15) is 12.6 Å².